The second-order valence-corrected chi connectivity index (χ2v) is 10.5. The van der Waals surface area contributed by atoms with Gasteiger partial charge in [-0.25, -0.2) is 0 Å². The molecule has 0 aliphatic rings. The Bertz CT molecular complexity index is 414. The van der Waals surface area contributed by atoms with Crippen molar-refractivity contribution in [3.05, 3.63) is 0 Å². The lowest BCUT2D eigenvalue weighted by Gasteiger charge is -2.30. The summed E-state index contributed by atoms with van der Waals surface area (Å²) in [7, 11) is 3.74. The predicted molar refractivity (Wildman–Crippen MR) is 123 cm³/mol. The van der Waals surface area contributed by atoms with E-state index in [0.717, 1.165) is 0 Å². The van der Waals surface area contributed by atoms with Gasteiger partial charge in [-0.2, -0.15) is 0 Å². The number of hydrogen-bond donors (Lipinski definition) is 4. The van der Waals surface area contributed by atoms with Crippen LogP contribution in [0.5, 0.6) is 0 Å². The van der Waals surface area contributed by atoms with Gasteiger partial charge >= 0.3 is 0 Å². The van der Waals surface area contributed by atoms with Gasteiger partial charge in [0.25, 0.3) is 8.05 Å². The summed E-state index contributed by atoms with van der Waals surface area (Å²) in [6.45, 7) is 15.3. The van der Waals surface area contributed by atoms with Crippen molar-refractivity contribution in [1.29, 1.82) is 0 Å². The minimum Gasteiger partial charge on any atom is -0.487 e. The first kappa shape index (κ1) is 33.1. The van der Waals surface area contributed by atoms with Crippen LogP contribution in [0.3, 0.4) is 0 Å². The van der Waals surface area contributed by atoms with Crippen LogP contribution in [0.1, 0.15) is 55.4 Å². The lowest BCUT2D eigenvalue weighted by Crippen LogP contribution is -2.46. The van der Waals surface area contributed by atoms with Gasteiger partial charge in [0.05, 0.1) is 74.4 Å². The van der Waals surface area contributed by atoms with E-state index in [1.165, 1.54) is 0 Å². The summed E-state index contributed by atoms with van der Waals surface area (Å²) in [5, 5.41) is 36.1. The van der Waals surface area contributed by atoms with Gasteiger partial charge in [-0.3, -0.25) is 0 Å². The molecule has 0 heterocycles. The fourth-order valence-electron chi connectivity index (χ4n) is 1.88. The average molecular weight is 468 g/mol. The third-order valence-corrected chi connectivity index (χ3v) is 5.68. The smallest absolute Gasteiger partial charge is 0.263 e. The minimum atomic E-state index is -1.24. The summed E-state index contributed by atoms with van der Waals surface area (Å²) >= 11 is 0. The van der Waals surface area contributed by atoms with Crippen LogP contribution in [0.15, 0.2) is 0 Å². The van der Waals surface area contributed by atoms with Crippen LogP contribution < -0.4 is 0 Å². The molecule has 0 saturated carbocycles. The second-order valence-electron chi connectivity index (χ2n) is 8.41. The predicted octanol–water partition coefficient (Wildman–Crippen LogP) is -0.372. The molecule has 31 heavy (non-hydrogen) atoms. The van der Waals surface area contributed by atoms with E-state index in [0.29, 0.717) is 19.8 Å². The van der Waals surface area contributed by atoms with Crippen molar-refractivity contribution in [3.63, 3.8) is 0 Å². The third kappa shape index (κ3) is 20.3. The lowest BCUT2D eigenvalue weighted by molar-refractivity contribution is -0.0918. The van der Waals surface area contributed by atoms with Crippen LogP contribution in [0.25, 0.3) is 0 Å². The maximum Gasteiger partial charge on any atom is 0.263 e. The highest BCUT2D eigenvalue weighted by molar-refractivity contribution is 6.37. The molecule has 0 saturated heterocycles. The van der Waals surface area contributed by atoms with Crippen molar-refractivity contribution >= 4 is 17.8 Å². The van der Waals surface area contributed by atoms with Gasteiger partial charge in [0.15, 0.2) is 9.76 Å². The minimum absolute atomic E-state index is 0.0641. The Labute approximate surface area is 191 Å². The Morgan fingerprint density at radius 2 is 1.16 bits per heavy atom. The first-order valence-corrected chi connectivity index (χ1v) is 12.1. The third-order valence-electron chi connectivity index (χ3n) is 4.35. The first-order valence-electron chi connectivity index (χ1n) is 10.8. The highest BCUT2D eigenvalue weighted by Crippen LogP contribution is 2.12. The monoisotopic (exact) mass is 468 g/mol. The maximum absolute atomic E-state index is 9.96. The van der Waals surface area contributed by atoms with Gasteiger partial charge in [0, 0.05) is 0 Å². The average Bonchev–Trinajstić information content (AvgIpc) is 2.67. The molecule has 0 amide bonds. The zero-order valence-electron chi connectivity index (χ0n) is 20.5. The summed E-state index contributed by atoms with van der Waals surface area (Å²) in [6.07, 6.45) is -2.17. The van der Waals surface area contributed by atoms with E-state index in [4.69, 9.17) is 42.3 Å². The fraction of sp³-hybridized carbons (Fsp3) is 1.00. The molecule has 4 N–H and O–H groups in total. The number of aliphatic hydroxyl groups is 4. The van der Waals surface area contributed by atoms with Crippen molar-refractivity contribution in [2.75, 3.05) is 26.4 Å². The number of rotatable bonds is 16. The Balaban J connectivity index is 0. The first-order chi connectivity index (χ1) is 14.2. The fourth-order valence-corrected chi connectivity index (χ4v) is 2.57. The SMILES string of the molecule is CC(O)COC(C)COC(C)C(C)O.[B]O[SiH2]C(C)(O)C(C)OCC(C)OCC(C)O. The van der Waals surface area contributed by atoms with Crippen LogP contribution in [-0.2, 0) is 23.3 Å². The van der Waals surface area contributed by atoms with Crippen molar-refractivity contribution in [2.45, 2.75) is 103 Å². The van der Waals surface area contributed by atoms with E-state index in [9.17, 15) is 5.11 Å². The molecule has 0 aromatic rings. The van der Waals surface area contributed by atoms with Gasteiger partial charge in [-0.1, -0.05) is 0 Å². The molecular weight excluding hydrogens is 423 g/mol. The zero-order chi connectivity index (χ0) is 24.6. The van der Waals surface area contributed by atoms with Gasteiger partial charge in [0.1, 0.15) is 0 Å². The van der Waals surface area contributed by atoms with Crippen molar-refractivity contribution in [2.24, 2.45) is 0 Å². The van der Waals surface area contributed by atoms with Crippen LogP contribution in [0.2, 0.25) is 0 Å². The second kappa shape index (κ2) is 18.4. The molecule has 0 bridgehead atoms. The van der Waals surface area contributed by atoms with Crippen molar-refractivity contribution in [3.8, 4) is 0 Å². The van der Waals surface area contributed by atoms with Crippen LogP contribution in [0.4, 0.5) is 0 Å². The Kier molecular flexibility index (Phi) is 19.6. The summed E-state index contributed by atoms with van der Waals surface area (Å²) in [6, 6.07) is 0. The van der Waals surface area contributed by atoms with Crippen molar-refractivity contribution < 1.29 is 43.7 Å². The maximum atomic E-state index is 9.96. The molecule has 0 spiro atoms. The molecule has 0 rings (SSSR count). The van der Waals surface area contributed by atoms with Crippen LogP contribution in [-0.4, -0.2) is 113 Å². The molecule has 11 heteroatoms. The molecule has 0 aliphatic carbocycles. The molecular formula is C20H45BO9Si. The molecule has 2 radical (unpaired) electrons. The molecule has 0 aromatic heterocycles. The summed E-state index contributed by atoms with van der Waals surface area (Å²) < 4.78 is 26.0. The van der Waals surface area contributed by atoms with Gasteiger partial charge in [-0.15, -0.1) is 0 Å². The highest BCUT2D eigenvalue weighted by Gasteiger charge is 2.30. The Morgan fingerprint density at radius 3 is 1.52 bits per heavy atom. The van der Waals surface area contributed by atoms with Crippen LogP contribution in [0, 0.1) is 0 Å². The van der Waals surface area contributed by atoms with E-state index < -0.39 is 33.3 Å². The van der Waals surface area contributed by atoms with Gasteiger partial charge < -0.3 is 43.7 Å². The zero-order valence-corrected chi connectivity index (χ0v) is 21.9. The highest BCUT2D eigenvalue weighted by atomic mass is 28.2. The molecule has 9 nitrogen and oxygen atoms in total. The summed E-state index contributed by atoms with van der Waals surface area (Å²) in [4.78, 5) is 0. The normalized spacial score (nSPS) is 20.8. The van der Waals surface area contributed by atoms with Gasteiger partial charge in [0.2, 0.25) is 0 Å². The summed E-state index contributed by atoms with van der Waals surface area (Å²) in [5.41, 5.74) is 0. The van der Waals surface area contributed by atoms with E-state index in [1.807, 2.05) is 20.8 Å². The quantitative estimate of drug-likeness (QED) is 0.224. The van der Waals surface area contributed by atoms with E-state index in [-0.39, 0.29) is 31.0 Å². The number of ether oxygens (including phenoxy) is 4. The largest absolute Gasteiger partial charge is 0.487 e. The van der Waals surface area contributed by atoms with E-state index in [1.54, 1.807) is 34.6 Å². The molecule has 8 atom stereocenters. The molecule has 0 aliphatic heterocycles. The standard InChI is InChI=1S/C10H23BO5Si.C10H22O4/c1-7(12)5-14-8(2)6-15-9(3)10(4,13)17-16-11;1-7(11)5-13-8(2)6-14-10(4)9(3)12/h7-9,12-13H,5-6,17H2,1-4H3;7-12H,5-6H2,1-4H3. The topological polar surface area (TPSA) is 127 Å². The Morgan fingerprint density at radius 1 is 0.742 bits per heavy atom. The molecule has 8 unspecified atom stereocenters. The van der Waals surface area contributed by atoms with Crippen LogP contribution >= 0.6 is 0 Å². The molecule has 186 valence electrons. The molecule has 0 aromatic carbocycles. The summed E-state index contributed by atoms with van der Waals surface area (Å²) in [5.74, 6) is 0. The van der Waals surface area contributed by atoms with Crippen molar-refractivity contribution in [1.82, 2.24) is 0 Å². The van der Waals surface area contributed by atoms with E-state index >= 15 is 0 Å². The van der Waals surface area contributed by atoms with Gasteiger partial charge in [-0.05, 0) is 55.4 Å². The number of hydrogen-bond acceptors (Lipinski definition) is 9. The number of aliphatic hydroxyl groups excluding tert-OH is 3. The Hall–Kier alpha value is -0.0782. The lowest BCUT2D eigenvalue weighted by atomic mass is 10.2. The van der Waals surface area contributed by atoms with E-state index in [2.05, 4.69) is 4.34 Å². The molecule has 0 fully saturated rings.